The smallest absolute Gasteiger partial charge is 0.269 e. The van der Waals surface area contributed by atoms with Crippen molar-refractivity contribution in [2.75, 3.05) is 6.54 Å². The molecule has 1 fully saturated rings. The number of rotatable bonds is 5. The lowest BCUT2D eigenvalue weighted by Crippen LogP contribution is -2.50. The predicted octanol–water partition coefficient (Wildman–Crippen LogP) is 4.82. The molecule has 1 amide bonds. The van der Waals surface area contributed by atoms with Crippen molar-refractivity contribution in [1.29, 1.82) is 0 Å². The molecule has 30 heavy (non-hydrogen) atoms. The van der Waals surface area contributed by atoms with Crippen LogP contribution in [0.15, 0.2) is 42.5 Å². The summed E-state index contributed by atoms with van der Waals surface area (Å²) in [6.45, 7) is 3.39. The molecule has 0 saturated carbocycles. The number of nitrogens with zero attached hydrogens (tertiary/aromatic N) is 1. The van der Waals surface area contributed by atoms with Gasteiger partial charge in [0.15, 0.2) is 0 Å². The lowest BCUT2D eigenvalue weighted by atomic mass is 9.91. The summed E-state index contributed by atoms with van der Waals surface area (Å²) in [5.41, 5.74) is -1.13. The quantitative estimate of drug-likeness (QED) is 0.701. The van der Waals surface area contributed by atoms with E-state index in [-0.39, 0.29) is 24.0 Å². The molecule has 0 aliphatic carbocycles. The lowest BCUT2D eigenvalue weighted by molar-refractivity contribution is -0.152. The van der Waals surface area contributed by atoms with Crippen LogP contribution in [0.4, 0.5) is 17.6 Å². The van der Waals surface area contributed by atoms with Crippen molar-refractivity contribution in [2.45, 2.75) is 51.2 Å². The van der Waals surface area contributed by atoms with Gasteiger partial charge in [-0.2, -0.15) is 0 Å². The van der Waals surface area contributed by atoms with Gasteiger partial charge < -0.3 is 10.0 Å². The number of carbonyl (C=O) groups is 1. The van der Waals surface area contributed by atoms with Gasteiger partial charge in [-0.3, -0.25) is 4.79 Å². The number of likely N-dealkylation sites (tertiary alicyclic amines) is 1. The minimum atomic E-state index is -3.15. The molecule has 1 N–H and O–H groups in total. The second kappa shape index (κ2) is 8.02. The molecule has 1 heterocycles. The molecule has 2 aromatic carbocycles. The first-order valence-electron chi connectivity index (χ1n) is 9.92. The standard InChI is InChI=1S/C23H25F4NO2/c1-4-22(3,30)21(29)28-13-23(26,27)14(2)19(28)12-16-8-6-10-18(20(16)25)15-7-5-9-17(24)11-15/h5-11,14,19,30H,4,12-13H2,1-3H3/t14-,19+,22?/m1/s1. The molecule has 3 nitrogen and oxygen atoms in total. The Balaban J connectivity index is 1.97. The maximum Gasteiger partial charge on any atom is 0.269 e. The van der Waals surface area contributed by atoms with Crippen LogP contribution < -0.4 is 0 Å². The van der Waals surface area contributed by atoms with Crippen LogP contribution in [0.25, 0.3) is 11.1 Å². The Morgan fingerprint density at radius 2 is 1.90 bits per heavy atom. The summed E-state index contributed by atoms with van der Waals surface area (Å²) >= 11 is 0. The lowest BCUT2D eigenvalue weighted by Gasteiger charge is -2.32. The summed E-state index contributed by atoms with van der Waals surface area (Å²) in [5.74, 6) is -6.31. The van der Waals surface area contributed by atoms with Gasteiger partial charge in [-0.25, -0.2) is 17.6 Å². The SMILES string of the molecule is CCC(C)(O)C(=O)N1CC(F)(F)[C@H](C)[C@@H]1Cc1cccc(-c2cccc(F)c2)c1F. The van der Waals surface area contributed by atoms with Gasteiger partial charge in [0.1, 0.15) is 17.2 Å². The first-order valence-corrected chi connectivity index (χ1v) is 9.92. The Hall–Kier alpha value is -2.41. The van der Waals surface area contributed by atoms with Crippen LogP contribution in [-0.2, 0) is 11.2 Å². The van der Waals surface area contributed by atoms with Crippen LogP contribution in [0.5, 0.6) is 0 Å². The van der Waals surface area contributed by atoms with Gasteiger partial charge in [0.25, 0.3) is 11.8 Å². The Kier molecular flexibility index (Phi) is 5.96. The van der Waals surface area contributed by atoms with E-state index in [4.69, 9.17) is 0 Å². The average molecular weight is 423 g/mol. The molecule has 3 atom stereocenters. The van der Waals surface area contributed by atoms with Gasteiger partial charge >= 0.3 is 0 Å². The number of hydrogen-bond acceptors (Lipinski definition) is 2. The largest absolute Gasteiger partial charge is 0.380 e. The second-order valence-corrected chi connectivity index (χ2v) is 8.17. The van der Waals surface area contributed by atoms with Crippen molar-refractivity contribution in [3.8, 4) is 11.1 Å². The monoisotopic (exact) mass is 423 g/mol. The van der Waals surface area contributed by atoms with E-state index in [0.29, 0.717) is 5.56 Å². The third kappa shape index (κ3) is 4.08. The van der Waals surface area contributed by atoms with E-state index in [0.717, 1.165) is 4.90 Å². The van der Waals surface area contributed by atoms with Gasteiger partial charge in [-0.1, -0.05) is 44.2 Å². The Morgan fingerprint density at radius 1 is 1.23 bits per heavy atom. The van der Waals surface area contributed by atoms with Crippen LogP contribution in [0.3, 0.4) is 0 Å². The number of amides is 1. The van der Waals surface area contributed by atoms with E-state index in [1.54, 1.807) is 19.1 Å². The first-order chi connectivity index (χ1) is 14.0. The number of benzene rings is 2. The average Bonchev–Trinajstić information content (AvgIpc) is 2.92. The second-order valence-electron chi connectivity index (χ2n) is 8.17. The predicted molar refractivity (Wildman–Crippen MR) is 106 cm³/mol. The zero-order valence-electron chi connectivity index (χ0n) is 17.1. The maximum absolute atomic E-state index is 15.2. The summed E-state index contributed by atoms with van der Waals surface area (Å²) in [7, 11) is 0. The molecule has 1 aliphatic heterocycles. The van der Waals surface area contributed by atoms with Crippen molar-refractivity contribution in [3.63, 3.8) is 0 Å². The molecule has 1 unspecified atom stereocenters. The molecular formula is C23H25F4NO2. The molecule has 0 bridgehead atoms. The highest BCUT2D eigenvalue weighted by Crippen LogP contribution is 2.41. The van der Waals surface area contributed by atoms with Crippen molar-refractivity contribution in [1.82, 2.24) is 4.90 Å². The van der Waals surface area contributed by atoms with E-state index in [1.807, 2.05) is 0 Å². The van der Waals surface area contributed by atoms with E-state index in [2.05, 4.69) is 0 Å². The van der Waals surface area contributed by atoms with Crippen LogP contribution in [0.2, 0.25) is 0 Å². The van der Waals surface area contributed by atoms with E-state index in [1.165, 1.54) is 44.2 Å². The summed E-state index contributed by atoms with van der Waals surface area (Å²) in [6.07, 6.45) is -0.0737. The van der Waals surface area contributed by atoms with E-state index < -0.39 is 47.6 Å². The Labute approximate surface area is 173 Å². The third-order valence-corrected chi connectivity index (χ3v) is 6.08. The molecule has 0 aromatic heterocycles. The fourth-order valence-corrected chi connectivity index (χ4v) is 3.85. The molecular weight excluding hydrogens is 398 g/mol. The zero-order chi connectivity index (χ0) is 22.3. The van der Waals surface area contributed by atoms with Crippen molar-refractivity contribution < 1.29 is 27.5 Å². The van der Waals surface area contributed by atoms with E-state index >= 15 is 4.39 Å². The molecule has 3 rings (SSSR count). The minimum absolute atomic E-state index is 0.0679. The number of aliphatic hydroxyl groups is 1. The van der Waals surface area contributed by atoms with E-state index in [9.17, 15) is 23.1 Å². The van der Waals surface area contributed by atoms with Gasteiger partial charge in [-0.05, 0) is 43.0 Å². The molecule has 0 radical (unpaired) electrons. The topological polar surface area (TPSA) is 40.5 Å². The van der Waals surface area contributed by atoms with Gasteiger partial charge in [0.05, 0.1) is 6.54 Å². The van der Waals surface area contributed by atoms with Crippen LogP contribution >= 0.6 is 0 Å². The Morgan fingerprint density at radius 3 is 2.53 bits per heavy atom. The van der Waals surface area contributed by atoms with Crippen molar-refractivity contribution in [2.24, 2.45) is 5.92 Å². The molecule has 162 valence electrons. The summed E-state index contributed by atoms with van der Waals surface area (Å²) < 4.78 is 57.7. The summed E-state index contributed by atoms with van der Waals surface area (Å²) in [6, 6.07) is 9.02. The highest BCUT2D eigenvalue weighted by Gasteiger charge is 2.55. The number of alkyl halides is 2. The van der Waals surface area contributed by atoms with Gasteiger partial charge in [0.2, 0.25) is 0 Å². The fourth-order valence-electron chi connectivity index (χ4n) is 3.85. The third-order valence-electron chi connectivity index (χ3n) is 6.08. The van der Waals surface area contributed by atoms with Crippen LogP contribution in [-0.4, -0.2) is 40.0 Å². The summed E-state index contributed by atoms with van der Waals surface area (Å²) in [4.78, 5) is 13.7. The first kappa shape index (κ1) is 22.3. The number of halogens is 4. The zero-order valence-corrected chi connectivity index (χ0v) is 17.1. The number of hydrogen-bond donors (Lipinski definition) is 1. The highest BCUT2D eigenvalue weighted by molar-refractivity contribution is 5.85. The molecule has 7 heteroatoms. The van der Waals surface area contributed by atoms with Gasteiger partial charge in [-0.15, -0.1) is 0 Å². The number of carbonyl (C=O) groups excluding carboxylic acids is 1. The molecule has 1 aliphatic rings. The van der Waals surface area contributed by atoms with Gasteiger partial charge in [0, 0.05) is 17.5 Å². The summed E-state index contributed by atoms with van der Waals surface area (Å²) in [5, 5.41) is 10.3. The van der Waals surface area contributed by atoms with Crippen molar-refractivity contribution >= 4 is 5.91 Å². The Bertz CT molecular complexity index is 945. The molecule has 0 spiro atoms. The minimum Gasteiger partial charge on any atom is -0.380 e. The highest BCUT2D eigenvalue weighted by atomic mass is 19.3. The fraction of sp³-hybridized carbons (Fsp3) is 0.435. The molecule has 2 aromatic rings. The van der Waals surface area contributed by atoms with Crippen molar-refractivity contribution in [3.05, 3.63) is 59.7 Å². The van der Waals surface area contributed by atoms with Crippen LogP contribution in [0, 0.1) is 17.6 Å². The normalized spacial score (nSPS) is 22.7. The van der Waals surface area contributed by atoms with Crippen LogP contribution in [0.1, 0.15) is 32.8 Å². The molecule has 1 saturated heterocycles. The maximum atomic E-state index is 15.2.